The number of hydrogen-bond donors (Lipinski definition) is 1. The molecular formula is C18H22N2O2. The lowest BCUT2D eigenvalue weighted by Crippen LogP contribution is -1.98. The molecule has 22 heavy (non-hydrogen) atoms. The molecule has 2 aromatic carbocycles. The lowest BCUT2D eigenvalue weighted by Gasteiger charge is -2.10. The van der Waals surface area contributed by atoms with E-state index in [0.29, 0.717) is 12.4 Å². The fraction of sp³-hybridized carbons (Fsp3) is 0.278. The summed E-state index contributed by atoms with van der Waals surface area (Å²) in [6.07, 6.45) is 2.72. The molecule has 0 aliphatic rings. The molecule has 0 fully saturated rings. The number of benzene rings is 2. The van der Waals surface area contributed by atoms with Gasteiger partial charge in [0.2, 0.25) is 0 Å². The average Bonchev–Trinajstić information content (AvgIpc) is 2.55. The van der Waals surface area contributed by atoms with E-state index in [0.717, 1.165) is 23.4 Å². The zero-order valence-electron chi connectivity index (χ0n) is 13.3. The van der Waals surface area contributed by atoms with Gasteiger partial charge in [-0.1, -0.05) is 24.6 Å². The van der Waals surface area contributed by atoms with Crippen molar-refractivity contribution in [1.82, 2.24) is 0 Å². The molecule has 0 aliphatic carbocycles. The zero-order chi connectivity index (χ0) is 15.8. The van der Waals surface area contributed by atoms with Crippen LogP contribution in [0.1, 0.15) is 24.5 Å². The number of hydrazone groups is 1. The van der Waals surface area contributed by atoms with Crippen LogP contribution in [0, 0.1) is 6.92 Å². The average molecular weight is 298 g/mol. The van der Waals surface area contributed by atoms with Crippen LogP contribution in [0.15, 0.2) is 47.6 Å². The fourth-order valence-electron chi connectivity index (χ4n) is 1.91. The van der Waals surface area contributed by atoms with Gasteiger partial charge in [-0.3, -0.25) is 5.43 Å². The highest BCUT2D eigenvalue weighted by Crippen LogP contribution is 2.27. The van der Waals surface area contributed by atoms with E-state index in [4.69, 9.17) is 9.47 Å². The van der Waals surface area contributed by atoms with Crippen LogP contribution in [-0.2, 0) is 0 Å². The third-order valence-electron chi connectivity index (χ3n) is 3.11. The number of methoxy groups -OCH3 is 1. The van der Waals surface area contributed by atoms with Crippen molar-refractivity contribution in [3.05, 3.63) is 53.6 Å². The highest BCUT2D eigenvalue weighted by Gasteiger charge is 2.04. The first kappa shape index (κ1) is 15.9. The fourth-order valence-corrected chi connectivity index (χ4v) is 1.91. The van der Waals surface area contributed by atoms with Gasteiger partial charge in [-0.15, -0.1) is 0 Å². The molecule has 0 unspecified atom stereocenters. The van der Waals surface area contributed by atoms with Crippen LogP contribution in [0.25, 0.3) is 0 Å². The van der Waals surface area contributed by atoms with Gasteiger partial charge < -0.3 is 9.47 Å². The van der Waals surface area contributed by atoms with E-state index in [-0.39, 0.29) is 0 Å². The quantitative estimate of drug-likeness (QED) is 0.614. The van der Waals surface area contributed by atoms with Crippen LogP contribution in [-0.4, -0.2) is 19.9 Å². The van der Waals surface area contributed by atoms with Gasteiger partial charge >= 0.3 is 0 Å². The van der Waals surface area contributed by atoms with Crippen molar-refractivity contribution in [3.8, 4) is 11.5 Å². The molecule has 0 bridgehead atoms. The van der Waals surface area contributed by atoms with Gasteiger partial charge in [0.1, 0.15) is 0 Å². The second-order valence-corrected chi connectivity index (χ2v) is 4.99. The second-order valence-electron chi connectivity index (χ2n) is 4.99. The summed E-state index contributed by atoms with van der Waals surface area (Å²) in [6.45, 7) is 4.81. The predicted molar refractivity (Wildman–Crippen MR) is 91.2 cm³/mol. The van der Waals surface area contributed by atoms with Gasteiger partial charge in [0.05, 0.1) is 25.6 Å². The van der Waals surface area contributed by atoms with Crippen molar-refractivity contribution < 1.29 is 9.47 Å². The first-order valence-corrected chi connectivity index (χ1v) is 7.39. The molecule has 0 saturated carbocycles. The van der Waals surface area contributed by atoms with Crippen LogP contribution >= 0.6 is 0 Å². The Balaban J connectivity index is 2.02. The minimum Gasteiger partial charge on any atom is -0.493 e. The maximum atomic E-state index is 5.63. The monoisotopic (exact) mass is 298 g/mol. The van der Waals surface area contributed by atoms with Gasteiger partial charge in [0.15, 0.2) is 11.5 Å². The van der Waals surface area contributed by atoms with Crippen molar-refractivity contribution in [1.29, 1.82) is 0 Å². The van der Waals surface area contributed by atoms with E-state index in [1.165, 1.54) is 5.56 Å². The zero-order valence-corrected chi connectivity index (χ0v) is 13.3. The Bertz CT molecular complexity index is 621. The van der Waals surface area contributed by atoms with Gasteiger partial charge in [0.25, 0.3) is 0 Å². The summed E-state index contributed by atoms with van der Waals surface area (Å²) in [5.41, 5.74) is 6.13. The summed E-state index contributed by atoms with van der Waals surface area (Å²) in [5.74, 6) is 1.47. The SMILES string of the molecule is CCCOc1ccc(/C=N\Nc2ccc(C)cc2)cc1OC. The Morgan fingerprint density at radius 2 is 1.86 bits per heavy atom. The van der Waals surface area contributed by atoms with Crippen molar-refractivity contribution in [2.24, 2.45) is 5.10 Å². The number of rotatable bonds is 7. The largest absolute Gasteiger partial charge is 0.493 e. The van der Waals surface area contributed by atoms with Gasteiger partial charge in [-0.25, -0.2) is 0 Å². The first-order chi connectivity index (χ1) is 10.7. The van der Waals surface area contributed by atoms with Crippen LogP contribution < -0.4 is 14.9 Å². The van der Waals surface area contributed by atoms with Crippen LogP contribution in [0.3, 0.4) is 0 Å². The summed E-state index contributed by atoms with van der Waals surface area (Å²) in [5, 5.41) is 4.24. The third-order valence-corrected chi connectivity index (χ3v) is 3.11. The van der Waals surface area contributed by atoms with E-state index in [9.17, 15) is 0 Å². The predicted octanol–water partition coefficient (Wildman–Crippen LogP) is 4.24. The van der Waals surface area contributed by atoms with Crippen molar-refractivity contribution >= 4 is 11.9 Å². The van der Waals surface area contributed by atoms with E-state index < -0.39 is 0 Å². The molecule has 4 nitrogen and oxygen atoms in total. The van der Waals surface area contributed by atoms with Gasteiger partial charge in [-0.2, -0.15) is 5.10 Å². The van der Waals surface area contributed by atoms with Crippen molar-refractivity contribution in [2.45, 2.75) is 20.3 Å². The number of nitrogens with one attached hydrogen (secondary N) is 1. The maximum absolute atomic E-state index is 5.63. The molecule has 0 aliphatic heterocycles. The molecule has 0 amide bonds. The molecule has 116 valence electrons. The Morgan fingerprint density at radius 1 is 1.09 bits per heavy atom. The van der Waals surface area contributed by atoms with E-state index in [1.807, 2.05) is 42.5 Å². The second kappa shape index (κ2) is 8.08. The Kier molecular flexibility index (Phi) is 5.83. The summed E-state index contributed by atoms with van der Waals surface area (Å²) in [4.78, 5) is 0. The minimum absolute atomic E-state index is 0.679. The van der Waals surface area contributed by atoms with E-state index in [1.54, 1.807) is 13.3 Å². The molecule has 0 heterocycles. The van der Waals surface area contributed by atoms with E-state index >= 15 is 0 Å². The number of ether oxygens (including phenoxy) is 2. The molecule has 0 radical (unpaired) electrons. The summed E-state index contributed by atoms with van der Waals surface area (Å²) < 4.78 is 11.0. The van der Waals surface area contributed by atoms with Crippen LogP contribution in [0.4, 0.5) is 5.69 Å². The Hall–Kier alpha value is -2.49. The van der Waals surface area contributed by atoms with Crippen molar-refractivity contribution in [3.63, 3.8) is 0 Å². The highest BCUT2D eigenvalue weighted by molar-refractivity contribution is 5.81. The van der Waals surface area contributed by atoms with Gasteiger partial charge in [-0.05, 0) is 49.2 Å². The molecular weight excluding hydrogens is 276 g/mol. The molecule has 2 rings (SSSR count). The van der Waals surface area contributed by atoms with Crippen LogP contribution in [0.2, 0.25) is 0 Å². The summed E-state index contributed by atoms with van der Waals surface area (Å²) in [7, 11) is 1.64. The van der Waals surface area contributed by atoms with Gasteiger partial charge in [0, 0.05) is 0 Å². The lowest BCUT2D eigenvalue weighted by atomic mass is 10.2. The van der Waals surface area contributed by atoms with Crippen LogP contribution in [0.5, 0.6) is 11.5 Å². The summed E-state index contributed by atoms with van der Waals surface area (Å²) >= 11 is 0. The number of anilines is 1. The molecule has 1 N–H and O–H groups in total. The molecule has 0 atom stereocenters. The molecule has 0 aromatic heterocycles. The minimum atomic E-state index is 0.679. The summed E-state index contributed by atoms with van der Waals surface area (Å²) in [6, 6.07) is 13.8. The first-order valence-electron chi connectivity index (χ1n) is 7.39. The Morgan fingerprint density at radius 3 is 2.55 bits per heavy atom. The lowest BCUT2D eigenvalue weighted by molar-refractivity contribution is 0.294. The highest BCUT2D eigenvalue weighted by atomic mass is 16.5. The molecule has 0 spiro atoms. The molecule has 4 heteroatoms. The topological polar surface area (TPSA) is 42.8 Å². The Labute approximate surface area is 131 Å². The van der Waals surface area contributed by atoms with Crippen molar-refractivity contribution in [2.75, 3.05) is 19.1 Å². The normalized spacial score (nSPS) is 10.7. The number of hydrogen-bond acceptors (Lipinski definition) is 4. The molecule has 0 saturated heterocycles. The maximum Gasteiger partial charge on any atom is 0.161 e. The number of nitrogens with zero attached hydrogens (tertiary/aromatic N) is 1. The third kappa shape index (κ3) is 4.52. The standard InChI is InChI=1S/C18H22N2O2/c1-4-11-22-17-10-7-15(12-18(17)21-3)13-19-20-16-8-5-14(2)6-9-16/h5-10,12-13,20H,4,11H2,1-3H3/b19-13-. The van der Waals surface area contributed by atoms with E-state index in [2.05, 4.69) is 24.4 Å². The number of aryl methyl sites for hydroxylation is 1. The molecule has 2 aromatic rings. The smallest absolute Gasteiger partial charge is 0.161 e.